The van der Waals surface area contributed by atoms with E-state index < -0.39 is 0 Å². The molecular formula is C22H35IN4. The fourth-order valence-corrected chi connectivity index (χ4v) is 5.04. The normalized spacial score (nSPS) is 32.0. The van der Waals surface area contributed by atoms with E-state index in [9.17, 15) is 0 Å². The van der Waals surface area contributed by atoms with Crippen LogP contribution in [0.5, 0.6) is 0 Å². The van der Waals surface area contributed by atoms with E-state index in [0.29, 0.717) is 18.0 Å². The lowest BCUT2D eigenvalue weighted by Gasteiger charge is -2.22. The number of aliphatic imine (C=N–C) groups is 1. The second-order valence-electron chi connectivity index (χ2n) is 8.75. The Labute approximate surface area is 181 Å². The Balaban J connectivity index is 0.00000210. The van der Waals surface area contributed by atoms with E-state index in [0.717, 1.165) is 43.3 Å². The van der Waals surface area contributed by atoms with E-state index >= 15 is 0 Å². The molecule has 0 bridgehead atoms. The van der Waals surface area contributed by atoms with Crippen molar-refractivity contribution in [3.05, 3.63) is 35.4 Å². The molecule has 1 saturated carbocycles. The van der Waals surface area contributed by atoms with Crippen molar-refractivity contribution in [2.75, 3.05) is 26.2 Å². The summed E-state index contributed by atoms with van der Waals surface area (Å²) >= 11 is 0. The molecule has 1 aliphatic heterocycles. The molecule has 2 fully saturated rings. The number of fused-ring (bicyclic) bond motifs is 3. The third-order valence-corrected chi connectivity index (χ3v) is 6.70. The summed E-state index contributed by atoms with van der Waals surface area (Å²) in [6.07, 6.45) is 1.26. The SMILES string of the molecule is CCNC(=NCC1C2Cc3ccccc3C12)NC1CN(C(C)C)CC1C.I. The average molecular weight is 482 g/mol. The van der Waals surface area contributed by atoms with Gasteiger partial charge in [0.25, 0.3) is 0 Å². The highest BCUT2D eigenvalue weighted by atomic mass is 127. The van der Waals surface area contributed by atoms with Crippen LogP contribution in [0.4, 0.5) is 0 Å². The molecule has 5 atom stereocenters. The molecule has 3 aliphatic rings. The molecule has 4 rings (SSSR count). The van der Waals surface area contributed by atoms with Crippen LogP contribution in [0.25, 0.3) is 0 Å². The number of hydrogen-bond acceptors (Lipinski definition) is 2. The van der Waals surface area contributed by atoms with Crippen molar-refractivity contribution in [2.45, 2.75) is 52.1 Å². The molecule has 0 spiro atoms. The highest BCUT2D eigenvalue weighted by Crippen LogP contribution is 2.61. The van der Waals surface area contributed by atoms with Gasteiger partial charge < -0.3 is 10.6 Å². The van der Waals surface area contributed by atoms with Crippen molar-refractivity contribution >= 4 is 29.9 Å². The first-order valence-corrected chi connectivity index (χ1v) is 10.4. The van der Waals surface area contributed by atoms with Gasteiger partial charge in [0.15, 0.2) is 5.96 Å². The molecule has 5 unspecified atom stereocenters. The van der Waals surface area contributed by atoms with Gasteiger partial charge in [-0.25, -0.2) is 0 Å². The molecule has 1 aromatic carbocycles. The van der Waals surface area contributed by atoms with Crippen molar-refractivity contribution in [3.63, 3.8) is 0 Å². The first kappa shape index (κ1) is 20.9. The number of likely N-dealkylation sites (tertiary alicyclic amines) is 1. The molecule has 2 N–H and O–H groups in total. The van der Waals surface area contributed by atoms with Crippen molar-refractivity contribution in [1.29, 1.82) is 0 Å². The molecule has 0 aromatic heterocycles. The van der Waals surface area contributed by atoms with Gasteiger partial charge in [-0.05, 0) is 62.0 Å². The maximum atomic E-state index is 4.97. The van der Waals surface area contributed by atoms with Gasteiger partial charge in [0.05, 0.1) is 0 Å². The van der Waals surface area contributed by atoms with Gasteiger partial charge in [-0.15, -0.1) is 24.0 Å². The van der Waals surface area contributed by atoms with Crippen molar-refractivity contribution < 1.29 is 0 Å². The maximum absolute atomic E-state index is 4.97. The smallest absolute Gasteiger partial charge is 0.191 e. The molecule has 4 nitrogen and oxygen atoms in total. The minimum Gasteiger partial charge on any atom is -0.357 e. The Kier molecular flexibility index (Phi) is 6.72. The summed E-state index contributed by atoms with van der Waals surface area (Å²) in [4.78, 5) is 7.54. The molecular weight excluding hydrogens is 447 g/mol. The summed E-state index contributed by atoms with van der Waals surface area (Å²) in [6.45, 7) is 13.2. The fourth-order valence-electron chi connectivity index (χ4n) is 5.04. The molecule has 2 aliphatic carbocycles. The van der Waals surface area contributed by atoms with Crippen molar-refractivity contribution in [2.24, 2.45) is 22.7 Å². The lowest BCUT2D eigenvalue weighted by Crippen LogP contribution is -2.47. The highest BCUT2D eigenvalue weighted by Gasteiger charge is 2.55. The van der Waals surface area contributed by atoms with Gasteiger partial charge >= 0.3 is 0 Å². The molecule has 150 valence electrons. The number of hydrogen-bond donors (Lipinski definition) is 2. The molecule has 5 heteroatoms. The second kappa shape index (κ2) is 8.68. The van der Waals surface area contributed by atoms with Gasteiger partial charge in [0.2, 0.25) is 0 Å². The van der Waals surface area contributed by atoms with Gasteiger partial charge in [0.1, 0.15) is 0 Å². The minimum atomic E-state index is 0. The zero-order chi connectivity index (χ0) is 18.3. The molecule has 0 amide bonds. The third-order valence-electron chi connectivity index (χ3n) is 6.70. The first-order chi connectivity index (χ1) is 12.6. The summed E-state index contributed by atoms with van der Waals surface area (Å²) in [5.74, 6) is 4.01. The minimum absolute atomic E-state index is 0. The first-order valence-electron chi connectivity index (χ1n) is 10.4. The quantitative estimate of drug-likeness (QED) is 0.384. The fraction of sp³-hybridized carbons (Fsp3) is 0.682. The Morgan fingerprint density at radius 2 is 2.04 bits per heavy atom. The van der Waals surface area contributed by atoms with E-state index in [1.165, 1.54) is 13.0 Å². The topological polar surface area (TPSA) is 39.7 Å². The van der Waals surface area contributed by atoms with E-state index in [-0.39, 0.29) is 24.0 Å². The number of benzene rings is 1. The lowest BCUT2D eigenvalue weighted by molar-refractivity contribution is 0.265. The van der Waals surface area contributed by atoms with E-state index in [1.54, 1.807) is 11.1 Å². The maximum Gasteiger partial charge on any atom is 0.191 e. The van der Waals surface area contributed by atoms with Crippen molar-refractivity contribution in [3.8, 4) is 0 Å². The van der Waals surface area contributed by atoms with Crippen LogP contribution in [0.15, 0.2) is 29.3 Å². The lowest BCUT2D eigenvalue weighted by atomic mass is 10.0. The predicted molar refractivity (Wildman–Crippen MR) is 124 cm³/mol. The molecule has 27 heavy (non-hydrogen) atoms. The van der Waals surface area contributed by atoms with Crippen LogP contribution in [-0.2, 0) is 6.42 Å². The van der Waals surface area contributed by atoms with Crippen molar-refractivity contribution in [1.82, 2.24) is 15.5 Å². The number of nitrogens with zero attached hydrogens (tertiary/aromatic N) is 2. The van der Waals surface area contributed by atoms with Gasteiger partial charge in [-0.2, -0.15) is 0 Å². The summed E-state index contributed by atoms with van der Waals surface area (Å²) in [6, 6.07) is 10.1. The van der Waals surface area contributed by atoms with Crippen LogP contribution in [0.3, 0.4) is 0 Å². The summed E-state index contributed by atoms with van der Waals surface area (Å²) in [5, 5.41) is 7.18. The number of halogens is 1. The Bertz CT molecular complexity index is 674. The number of guanidine groups is 1. The van der Waals surface area contributed by atoms with Gasteiger partial charge in [-0.3, -0.25) is 9.89 Å². The zero-order valence-electron chi connectivity index (χ0n) is 17.1. The molecule has 1 saturated heterocycles. The van der Waals surface area contributed by atoms with Crippen LogP contribution in [-0.4, -0.2) is 49.1 Å². The second-order valence-corrected chi connectivity index (χ2v) is 8.75. The van der Waals surface area contributed by atoms with Crippen LogP contribution in [0, 0.1) is 17.8 Å². The molecule has 1 aromatic rings. The molecule has 1 heterocycles. The van der Waals surface area contributed by atoms with Gasteiger partial charge in [-0.1, -0.05) is 31.2 Å². The summed E-state index contributed by atoms with van der Waals surface area (Å²) in [7, 11) is 0. The van der Waals surface area contributed by atoms with E-state index in [4.69, 9.17) is 4.99 Å². The van der Waals surface area contributed by atoms with E-state index in [1.807, 2.05) is 0 Å². The highest BCUT2D eigenvalue weighted by molar-refractivity contribution is 14.0. The van der Waals surface area contributed by atoms with E-state index in [2.05, 4.69) is 67.5 Å². The Morgan fingerprint density at radius 1 is 1.26 bits per heavy atom. The van der Waals surface area contributed by atoms with Gasteiger partial charge in [0, 0.05) is 38.3 Å². The summed E-state index contributed by atoms with van der Waals surface area (Å²) < 4.78 is 0. The van der Waals surface area contributed by atoms with Crippen LogP contribution >= 0.6 is 24.0 Å². The molecule has 0 radical (unpaired) electrons. The zero-order valence-corrected chi connectivity index (χ0v) is 19.4. The predicted octanol–water partition coefficient (Wildman–Crippen LogP) is 3.47. The monoisotopic (exact) mass is 482 g/mol. The average Bonchev–Trinajstić information content (AvgIpc) is 2.96. The van der Waals surface area contributed by atoms with Crippen LogP contribution in [0.1, 0.15) is 44.7 Å². The summed E-state index contributed by atoms with van der Waals surface area (Å²) in [5.41, 5.74) is 3.16. The Morgan fingerprint density at radius 3 is 2.74 bits per heavy atom. The largest absolute Gasteiger partial charge is 0.357 e. The number of rotatable bonds is 5. The Hall–Kier alpha value is -0.820. The van der Waals surface area contributed by atoms with Crippen LogP contribution < -0.4 is 10.6 Å². The standard InChI is InChI=1S/C22H34N4.HI/c1-5-23-22(25-20-13-26(14(2)3)12-15(20)4)24-11-19-18-10-16-8-6-7-9-17(16)21(18)19;/h6-9,14-15,18-21H,5,10-13H2,1-4H3,(H2,23,24,25);1H. The van der Waals surface area contributed by atoms with Crippen LogP contribution in [0.2, 0.25) is 0 Å². The number of nitrogens with one attached hydrogen (secondary N) is 2. The third kappa shape index (κ3) is 4.29.